The third-order valence-corrected chi connectivity index (χ3v) is 4.84. The predicted molar refractivity (Wildman–Crippen MR) is 116 cm³/mol. The Hall–Kier alpha value is -4.26. The van der Waals surface area contributed by atoms with Crippen LogP contribution in [0.4, 0.5) is 0 Å². The van der Waals surface area contributed by atoms with Gasteiger partial charge < -0.3 is 9.67 Å². The molecular formula is C24H20N4O3. The Bertz CT molecular complexity index is 1240. The van der Waals surface area contributed by atoms with Crippen molar-refractivity contribution in [3.8, 4) is 0 Å². The highest BCUT2D eigenvalue weighted by Crippen LogP contribution is 2.18. The van der Waals surface area contributed by atoms with Crippen LogP contribution in [0.2, 0.25) is 0 Å². The number of allylic oxidation sites excluding steroid dienone is 1. The van der Waals surface area contributed by atoms with Crippen molar-refractivity contribution in [1.82, 2.24) is 19.7 Å². The Labute approximate surface area is 178 Å². The van der Waals surface area contributed by atoms with Crippen molar-refractivity contribution in [3.63, 3.8) is 0 Å². The minimum absolute atomic E-state index is 0.0213. The van der Waals surface area contributed by atoms with Gasteiger partial charge in [0, 0.05) is 29.9 Å². The molecule has 0 radical (unpaired) electrons. The van der Waals surface area contributed by atoms with Gasteiger partial charge in [-0.1, -0.05) is 60.2 Å². The fraction of sp³-hybridized carbons (Fsp3) is 0.0833. The van der Waals surface area contributed by atoms with Crippen molar-refractivity contribution < 1.29 is 14.7 Å². The smallest absolute Gasteiger partial charge is 0.215 e. The molecule has 0 fully saturated rings. The quantitative estimate of drug-likeness (QED) is 0.272. The summed E-state index contributed by atoms with van der Waals surface area (Å²) in [6, 6.07) is 18.4. The summed E-state index contributed by atoms with van der Waals surface area (Å²) in [6.07, 6.45) is 3.98. The Morgan fingerprint density at radius 1 is 1.06 bits per heavy atom. The molecule has 2 aromatic heterocycles. The van der Waals surface area contributed by atoms with Crippen molar-refractivity contribution in [2.45, 2.75) is 13.5 Å². The molecule has 4 aromatic rings. The van der Waals surface area contributed by atoms with Crippen LogP contribution < -0.4 is 0 Å². The molecule has 0 aliphatic carbocycles. The number of hydrogen-bond donors (Lipinski definition) is 2. The lowest BCUT2D eigenvalue weighted by molar-refractivity contribution is 0.102. The van der Waals surface area contributed by atoms with E-state index in [9.17, 15) is 14.7 Å². The molecule has 0 saturated heterocycles. The van der Waals surface area contributed by atoms with E-state index in [4.69, 9.17) is 0 Å². The number of aromatic nitrogens is 4. The van der Waals surface area contributed by atoms with E-state index in [1.807, 2.05) is 37.3 Å². The molecular weight excluding hydrogens is 392 g/mol. The number of carbonyl (C=O) groups excluding carboxylic acids is 2. The van der Waals surface area contributed by atoms with Gasteiger partial charge in [0.1, 0.15) is 6.33 Å². The van der Waals surface area contributed by atoms with Gasteiger partial charge in [0.05, 0.1) is 5.69 Å². The predicted octanol–water partition coefficient (Wildman–Crippen LogP) is 3.98. The molecule has 4 rings (SSSR count). The summed E-state index contributed by atoms with van der Waals surface area (Å²) >= 11 is 0. The molecule has 0 saturated carbocycles. The minimum atomic E-state index is -0.452. The number of aliphatic hydroxyl groups is 1. The number of nitrogens with zero attached hydrogens (tertiary/aromatic N) is 3. The fourth-order valence-corrected chi connectivity index (χ4v) is 3.20. The summed E-state index contributed by atoms with van der Waals surface area (Å²) in [7, 11) is 0. The number of nitrogens with one attached hydrogen (secondary N) is 1. The summed E-state index contributed by atoms with van der Waals surface area (Å²) in [5.74, 6) is -0.970. The van der Waals surface area contributed by atoms with Crippen molar-refractivity contribution in [2.24, 2.45) is 0 Å². The summed E-state index contributed by atoms with van der Waals surface area (Å²) in [5.41, 5.74) is 3.35. The monoisotopic (exact) mass is 412 g/mol. The average Bonchev–Trinajstić information content (AvgIpc) is 3.46. The van der Waals surface area contributed by atoms with Gasteiger partial charge in [-0.05, 0) is 18.6 Å². The first kappa shape index (κ1) is 20.0. The summed E-state index contributed by atoms with van der Waals surface area (Å²) in [6.45, 7) is 2.44. The molecule has 0 amide bonds. The zero-order valence-corrected chi connectivity index (χ0v) is 16.8. The van der Waals surface area contributed by atoms with Gasteiger partial charge in [-0.2, -0.15) is 5.10 Å². The molecule has 0 aliphatic rings. The number of ketones is 2. The van der Waals surface area contributed by atoms with E-state index in [1.54, 1.807) is 41.1 Å². The summed E-state index contributed by atoms with van der Waals surface area (Å²) in [4.78, 5) is 29.7. The van der Waals surface area contributed by atoms with E-state index in [1.165, 1.54) is 6.33 Å². The topological polar surface area (TPSA) is 101 Å². The molecule has 0 bridgehead atoms. The van der Waals surface area contributed by atoms with Crippen molar-refractivity contribution in [3.05, 3.63) is 113 Å². The largest absolute Gasteiger partial charge is 0.504 e. The lowest BCUT2D eigenvalue weighted by atomic mass is 10.1. The molecule has 0 aliphatic heterocycles. The van der Waals surface area contributed by atoms with Crippen LogP contribution in [0.3, 0.4) is 0 Å². The van der Waals surface area contributed by atoms with Gasteiger partial charge in [-0.3, -0.25) is 14.7 Å². The van der Waals surface area contributed by atoms with E-state index in [0.29, 0.717) is 17.8 Å². The molecule has 7 heteroatoms. The highest BCUT2D eigenvalue weighted by Gasteiger charge is 2.19. The number of hydrogen-bond acceptors (Lipinski definition) is 5. The number of benzene rings is 2. The second kappa shape index (κ2) is 8.62. The van der Waals surface area contributed by atoms with E-state index in [-0.39, 0.29) is 22.9 Å². The number of H-pyrrole nitrogens is 1. The maximum absolute atomic E-state index is 13.1. The van der Waals surface area contributed by atoms with E-state index >= 15 is 0 Å². The Kier molecular flexibility index (Phi) is 5.57. The summed E-state index contributed by atoms with van der Waals surface area (Å²) < 4.78 is 1.75. The summed E-state index contributed by atoms with van der Waals surface area (Å²) in [5, 5.41) is 16.3. The van der Waals surface area contributed by atoms with Crippen LogP contribution in [0.25, 0.3) is 5.76 Å². The molecule has 0 atom stereocenters. The SMILES string of the molecule is Cc1ccc(Cn2cc(C(=O)C=C(O)c3nc[nH]n3)cc2C(=O)c2ccccc2)cc1. The molecule has 2 aromatic carbocycles. The molecule has 31 heavy (non-hydrogen) atoms. The van der Waals surface area contributed by atoms with Crippen LogP contribution in [0.5, 0.6) is 0 Å². The zero-order valence-electron chi connectivity index (χ0n) is 16.8. The maximum Gasteiger partial charge on any atom is 0.215 e. The second-order valence-electron chi connectivity index (χ2n) is 7.14. The Balaban J connectivity index is 1.70. The first-order chi connectivity index (χ1) is 15.0. The Morgan fingerprint density at radius 2 is 1.81 bits per heavy atom. The molecule has 2 heterocycles. The maximum atomic E-state index is 13.1. The molecule has 0 spiro atoms. The number of aromatic amines is 1. The third-order valence-electron chi connectivity index (χ3n) is 4.84. The zero-order chi connectivity index (χ0) is 21.8. The minimum Gasteiger partial charge on any atom is -0.504 e. The van der Waals surface area contributed by atoms with Crippen LogP contribution in [0, 0.1) is 6.92 Å². The molecule has 0 unspecified atom stereocenters. The van der Waals surface area contributed by atoms with Crippen molar-refractivity contribution in [2.75, 3.05) is 0 Å². The van der Waals surface area contributed by atoms with Gasteiger partial charge in [0.25, 0.3) is 0 Å². The first-order valence-corrected chi connectivity index (χ1v) is 9.68. The van der Waals surface area contributed by atoms with Crippen LogP contribution in [-0.4, -0.2) is 36.4 Å². The van der Waals surface area contributed by atoms with Gasteiger partial charge in [0.2, 0.25) is 11.6 Å². The Morgan fingerprint density at radius 3 is 2.48 bits per heavy atom. The normalized spacial score (nSPS) is 11.5. The number of aryl methyl sites for hydroxylation is 1. The van der Waals surface area contributed by atoms with Crippen LogP contribution in [0.1, 0.15) is 43.4 Å². The van der Waals surface area contributed by atoms with Gasteiger partial charge in [0.15, 0.2) is 11.5 Å². The number of aliphatic hydroxyl groups excluding tert-OH is 1. The average molecular weight is 412 g/mol. The third kappa shape index (κ3) is 4.51. The molecule has 154 valence electrons. The lowest BCUT2D eigenvalue weighted by Gasteiger charge is -2.09. The van der Waals surface area contributed by atoms with Gasteiger partial charge in [-0.15, -0.1) is 0 Å². The lowest BCUT2D eigenvalue weighted by Crippen LogP contribution is -2.10. The van der Waals surface area contributed by atoms with Crippen LogP contribution in [0.15, 0.2) is 79.3 Å². The van der Waals surface area contributed by atoms with Gasteiger partial charge >= 0.3 is 0 Å². The molecule has 7 nitrogen and oxygen atoms in total. The highest BCUT2D eigenvalue weighted by molar-refractivity contribution is 6.12. The second-order valence-corrected chi connectivity index (χ2v) is 7.14. The van der Waals surface area contributed by atoms with E-state index in [2.05, 4.69) is 15.2 Å². The van der Waals surface area contributed by atoms with E-state index < -0.39 is 5.78 Å². The van der Waals surface area contributed by atoms with Crippen molar-refractivity contribution in [1.29, 1.82) is 0 Å². The van der Waals surface area contributed by atoms with Gasteiger partial charge in [-0.25, -0.2) is 4.98 Å². The van der Waals surface area contributed by atoms with Crippen molar-refractivity contribution >= 4 is 17.3 Å². The fourth-order valence-electron chi connectivity index (χ4n) is 3.20. The number of rotatable bonds is 7. The van der Waals surface area contributed by atoms with E-state index in [0.717, 1.165) is 17.2 Å². The van der Waals surface area contributed by atoms with Crippen LogP contribution >= 0.6 is 0 Å². The molecule has 2 N–H and O–H groups in total. The number of carbonyl (C=O) groups is 2. The first-order valence-electron chi connectivity index (χ1n) is 9.68. The van der Waals surface area contributed by atoms with Crippen LogP contribution in [-0.2, 0) is 6.54 Å². The standard InChI is InChI=1S/C24H20N4O3/c1-16-7-9-17(10-8-16)13-28-14-19(21(29)12-22(30)24-25-15-26-27-24)11-20(28)23(31)18-5-3-2-4-6-18/h2-12,14-15,30H,13H2,1H3,(H,25,26,27). The highest BCUT2D eigenvalue weighted by atomic mass is 16.3.